The van der Waals surface area contributed by atoms with E-state index in [0.29, 0.717) is 17.3 Å². The highest BCUT2D eigenvalue weighted by atomic mass is 35.5. The van der Waals surface area contributed by atoms with Crippen LogP contribution in [0.4, 0.5) is 0 Å². The predicted octanol–water partition coefficient (Wildman–Crippen LogP) is 3.25. The Labute approximate surface area is 111 Å². The van der Waals surface area contributed by atoms with Crippen LogP contribution in [-0.4, -0.2) is 22.8 Å². The minimum atomic E-state index is -0.0672. The minimum absolute atomic E-state index is 0.0672. The smallest absolute Gasteiger partial charge is 0.270 e. The first-order valence-electron chi connectivity index (χ1n) is 5.71. The van der Waals surface area contributed by atoms with Crippen molar-refractivity contribution in [1.29, 1.82) is 0 Å². The number of H-pyrrole nitrogens is 1. The van der Waals surface area contributed by atoms with Gasteiger partial charge in [-0.15, -0.1) is 0 Å². The molecule has 0 aliphatic carbocycles. The molecular weight excluding hydrogens is 248 g/mol. The van der Waals surface area contributed by atoms with Gasteiger partial charge in [0.1, 0.15) is 5.69 Å². The average molecular weight is 263 g/mol. The van der Waals surface area contributed by atoms with Crippen LogP contribution in [0.3, 0.4) is 0 Å². The minimum Gasteiger partial charge on any atom is -0.356 e. The molecule has 4 heteroatoms. The number of aromatic nitrogens is 1. The van der Waals surface area contributed by atoms with Gasteiger partial charge in [0.2, 0.25) is 0 Å². The van der Waals surface area contributed by atoms with Crippen LogP contribution >= 0.6 is 11.6 Å². The van der Waals surface area contributed by atoms with E-state index in [9.17, 15) is 4.79 Å². The predicted molar refractivity (Wildman–Crippen MR) is 72.8 cm³/mol. The van der Waals surface area contributed by atoms with Crippen molar-refractivity contribution in [1.82, 2.24) is 9.88 Å². The van der Waals surface area contributed by atoms with Crippen molar-refractivity contribution in [2.45, 2.75) is 13.5 Å². The molecule has 0 atom stereocenters. The van der Waals surface area contributed by atoms with Gasteiger partial charge in [-0.05, 0) is 18.6 Å². The number of hydrogen-bond acceptors (Lipinski definition) is 1. The molecule has 0 unspecified atom stereocenters. The molecule has 0 spiro atoms. The second-order valence-corrected chi connectivity index (χ2v) is 4.81. The van der Waals surface area contributed by atoms with E-state index in [1.807, 2.05) is 31.2 Å². The van der Waals surface area contributed by atoms with E-state index in [0.717, 1.165) is 5.56 Å². The molecule has 0 saturated carbocycles. The van der Waals surface area contributed by atoms with Gasteiger partial charge in [-0.3, -0.25) is 4.79 Å². The maximum absolute atomic E-state index is 12.1. The van der Waals surface area contributed by atoms with Gasteiger partial charge < -0.3 is 9.88 Å². The zero-order chi connectivity index (χ0) is 13.1. The molecule has 2 rings (SSSR count). The first-order chi connectivity index (χ1) is 8.56. The van der Waals surface area contributed by atoms with Gasteiger partial charge in [-0.25, -0.2) is 0 Å². The van der Waals surface area contributed by atoms with Crippen molar-refractivity contribution in [3.05, 3.63) is 58.4 Å². The maximum Gasteiger partial charge on any atom is 0.270 e. The number of aromatic amines is 1. The van der Waals surface area contributed by atoms with Gasteiger partial charge in [-0.1, -0.05) is 41.4 Å². The second-order valence-electron chi connectivity index (χ2n) is 4.38. The van der Waals surface area contributed by atoms with Crippen molar-refractivity contribution >= 4 is 17.5 Å². The highest BCUT2D eigenvalue weighted by Crippen LogP contribution is 2.13. The molecule has 0 radical (unpaired) electrons. The fraction of sp³-hybridized carbons (Fsp3) is 0.214. The van der Waals surface area contributed by atoms with Crippen molar-refractivity contribution in [2.75, 3.05) is 7.05 Å². The van der Waals surface area contributed by atoms with Crippen molar-refractivity contribution in [3.63, 3.8) is 0 Å². The largest absolute Gasteiger partial charge is 0.356 e. The number of hydrogen-bond donors (Lipinski definition) is 1. The summed E-state index contributed by atoms with van der Waals surface area (Å²) >= 11 is 5.78. The summed E-state index contributed by atoms with van der Waals surface area (Å²) in [7, 11) is 1.77. The number of amides is 1. The van der Waals surface area contributed by atoms with E-state index in [2.05, 4.69) is 4.98 Å². The van der Waals surface area contributed by atoms with Crippen molar-refractivity contribution in [3.8, 4) is 0 Å². The molecule has 1 aromatic heterocycles. The van der Waals surface area contributed by atoms with Crippen LogP contribution in [-0.2, 0) is 6.54 Å². The van der Waals surface area contributed by atoms with Crippen LogP contribution in [0.15, 0.2) is 36.5 Å². The number of nitrogens with zero attached hydrogens (tertiary/aromatic N) is 1. The van der Waals surface area contributed by atoms with Gasteiger partial charge >= 0.3 is 0 Å². The quantitative estimate of drug-likeness (QED) is 0.906. The third-order valence-electron chi connectivity index (χ3n) is 2.77. The molecule has 0 bridgehead atoms. The number of carbonyl (C=O) groups excluding carboxylic acids is 1. The van der Waals surface area contributed by atoms with Crippen molar-refractivity contribution < 1.29 is 4.79 Å². The lowest BCUT2D eigenvalue weighted by atomic mass is 10.1. The van der Waals surface area contributed by atoms with Gasteiger partial charge in [-0.2, -0.15) is 0 Å². The summed E-state index contributed by atoms with van der Waals surface area (Å²) in [6.45, 7) is 2.62. The lowest BCUT2D eigenvalue weighted by Gasteiger charge is -2.16. The molecule has 18 heavy (non-hydrogen) atoms. The van der Waals surface area contributed by atoms with Crippen LogP contribution in [0.1, 0.15) is 21.6 Å². The summed E-state index contributed by atoms with van der Waals surface area (Å²) < 4.78 is 0. The van der Waals surface area contributed by atoms with Gasteiger partial charge in [0.15, 0.2) is 0 Å². The molecule has 0 fully saturated rings. The highest BCUT2D eigenvalue weighted by Gasteiger charge is 2.13. The summed E-state index contributed by atoms with van der Waals surface area (Å²) in [4.78, 5) is 16.6. The Hall–Kier alpha value is -1.74. The molecular formula is C14H15ClN2O. The van der Waals surface area contributed by atoms with Crippen LogP contribution in [0, 0.1) is 6.92 Å². The zero-order valence-corrected chi connectivity index (χ0v) is 11.2. The molecule has 3 nitrogen and oxygen atoms in total. The standard InChI is InChI=1S/C14H15ClN2O/c1-10-3-5-11(6-4-10)9-17(2)14(18)13-7-12(15)8-16-13/h3-8,16H,9H2,1-2H3. The molecule has 1 aromatic carbocycles. The summed E-state index contributed by atoms with van der Waals surface area (Å²) in [5.74, 6) is -0.0672. The normalized spacial score (nSPS) is 10.4. The lowest BCUT2D eigenvalue weighted by Crippen LogP contribution is -2.26. The third-order valence-corrected chi connectivity index (χ3v) is 2.98. The third kappa shape index (κ3) is 2.93. The van der Waals surface area contributed by atoms with E-state index >= 15 is 0 Å². The first-order valence-corrected chi connectivity index (χ1v) is 6.09. The van der Waals surface area contributed by atoms with E-state index < -0.39 is 0 Å². The number of nitrogens with one attached hydrogen (secondary N) is 1. The molecule has 1 heterocycles. The topological polar surface area (TPSA) is 36.1 Å². The molecule has 0 aliphatic heterocycles. The molecule has 0 aliphatic rings. The Morgan fingerprint density at radius 2 is 2.00 bits per heavy atom. The van der Waals surface area contributed by atoms with Gasteiger partial charge in [0.25, 0.3) is 5.91 Å². The number of carbonyl (C=O) groups is 1. The van der Waals surface area contributed by atoms with E-state index in [4.69, 9.17) is 11.6 Å². The Morgan fingerprint density at radius 1 is 1.33 bits per heavy atom. The number of rotatable bonds is 3. The lowest BCUT2D eigenvalue weighted by molar-refractivity contribution is 0.0780. The second kappa shape index (κ2) is 5.27. The van der Waals surface area contributed by atoms with Crippen LogP contribution in [0.5, 0.6) is 0 Å². The fourth-order valence-electron chi connectivity index (χ4n) is 1.74. The van der Waals surface area contributed by atoms with E-state index in [1.165, 1.54) is 5.56 Å². The Morgan fingerprint density at radius 3 is 2.56 bits per heavy atom. The molecule has 1 amide bonds. The van der Waals surface area contributed by atoms with Crippen LogP contribution in [0.2, 0.25) is 5.02 Å². The Bertz CT molecular complexity index is 545. The molecule has 94 valence electrons. The zero-order valence-electron chi connectivity index (χ0n) is 10.4. The molecule has 2 aromatic rings. The first kappa shape index (κ1) is 12.7. The Kier molecular flexibility index (Phi) is 3.72. The summed E-state index contributed by atoms with van der Waals surface area (Å²) in [6, 6.07) is 9.77. The molecule has 0 saturated heterocycles. The van der Waals surface area contributed by atoms with Gasteiger partial charge in [0.05, 0.1) is 5.02 Å². The number of aryl methyl sites for hydroxylation is 1. The number of halogens is 1. The SMILES string of the molecule is Cc1ccc(CN(C)C(=O)c2cc(Cl)c[nH]2)cc1. The van der Waals surface area contributed by atoms with Gasteiger partial charge in [0, 0.05) is 19.8 Å². The molecule has 1 N–H and O–H groups in total. The van der Waals surface area contributed by atoms with Crippen LogP contribution < -0.4 is 0 Å². The van der Waals surface area contributed by atoms with Crippen molar-refractivity contribution in [2.24, 2.45) is 0 Å². The number of benzene rings is 1. The summed E-state index contributed by atoms with van der Waals surface area (Å²) in [5, 5.41) is 0.544. The monoisotopic (exact) mass is 262 g/mol. The van der Waals surface area contributed by atoms with E-state index in [1.54, 1.807) is 24.2 Å². The highest BCUT2D eigenvalue weighted by molar-refractivity contribution is 6.30. The Balaban J connectivity index is 2.05. The van der Waals surface area contributed by atoms with E-state index in [-0.39, 0.29) is 5.91 Å². The fourth-order valence-corrected chi connectivity index (χ4v) is 1.90. The maximum atomic E-state index is 12.1. The summed E-state index contributed by atoms with van der Waals surface area (Å²) in [6.07, 6.45) is 1.61. The summed E-state index contributed by atoms with van der Waals surface area (Å²) in [5.41, 5.74) is 2.83. The average Bonchev–Trinajstić information content (AvgIpc) is 2.78. The van der Waals surface area contributed by atoms with Crippen LogP contribution in [0.25, 0.3) is 0 Å².